The predicted molar refractivity (Wildman–Crippen MR) is 103 cm³/mol. The van der Waals surface area contributed by atoms with Crippen molar-refractivity contribution in [3.63, 3.8) is 0 Å². The van der Waals surface area contributed by atoms with Gasteiger partial charge in [0, 0.05) is 28.8 Å². The van der Waals surface area contributed by atoms with Crippen LogP contribution in [0, 0.1) is 6.92 Å². The van der Waals surface area contributed by atoms with Gasteiger partial charge in [-0.25, -0.2) is 0 Å². The Kier molecular flexibility index (Phi) is 3.74. The summed E-state index contributed by atoms with van der Waals surface area (Å²) >= 11 is 0. The summed E-state index contributed by atoms with van der Waals surface area (Å²) in [6, 6.07) is 15.9. The van der Waals surface area contributed by atoms with Crippen molar-refractivity contribution in [2.45, 2.75) is 26.2 Å². The van der Waals surface area contributed by atoms with Crippen molar-refractivity contribution in [2.24, 2.45) is 0 Å². The topological polar surface area (TPSA) is 66.8 Å². The van der Waals surface area contributed by atoms with Gasteiger partial charge < -0.3 is 14.9 Å². The number of fused-ring (bicyclic) bond motifs is 2. The number of benzene rings is 3. The highest BCUT2D eigenvalue weighted by Crippen LogP contribution is 2.53. The number of ether oxygens (including phenoxy) is 1. The molecule has 0 spiro atoms. The third-order valence-electron chi connectivity index (χ3n) is 5.32. The Morgan fingerprint density at radius 3 is 1.89 bits per heavy atom. The van der Waals surface area contributed by atoms with E-state index >= 15 is 0 Å². The van der Waals surface area contributed by atoms with E-state index in [9.17, 15) is 15.0 Å². The lowest BCUT2D eigenvalue weighted by molar-refractivity contribution is 0.101. The number of rotatable bonds is 2. The van der Waals surface area contributed by atoms with E-state index < -0.39 is 5.41 Å². The number of aryl methyl sites for hydroxylation is 1. The molecule has 0 saturated carbocycles. The number of phenols is 2. The molecule has 0 saturated heterocycles. The lowest BCUT2D eigenvalue weighted by atomic mass is 9.67. The summed E-state index contributed by atoms with van der Waals surface area (Å²) in [6.07, 6.45) is 0. The van der Waals surface area contributed by atoms with Crippen LogP contribution in [0.1, 0.15) is 46.5 Å². The van der Waals surface area contributed by atoms with E-state index in [4.69, 9.17) is 4.74 Å². The summed E-state index contributed by atoms with van der Waals surface area (Å²) in [5.74, 6) is 1.18. The summed E-state index contributed by atoms with van der Waals surface area (Å²) in [6.45, 7) is 5.56. The van der Waals surface area contributed by atoms with Crippen LogP contribution in [0.4, 0.5) is 0 Å². The molecule has 0 fully saturated rings. The highest BCUT2D eigenvalue weighted by molar-refractivity contribution is 5.97. The van der Waals surface area contributed by atoms with Gasteiger partial charge in [0.2, 0.25) is 0 Å². The molecule has 1 aliphatic heterocycles. The number of hydrogen-bond donors (Lipinski definition) is 2. The van der Waals surface area contributed by atoms with Gasteiger partial charge >= 0.3 is 0 Å². The maximum absolute atomic E-state index is 12.4. The Labute approximate surface area is 157 Å². The van der Waals surface area contributed by atoms with E-state index in [-0.39, 0.29) is 17.3 Å². The number of phenolic OH excluding ortho intramolecular Hbond substituents is 2. The molecule has 136 valence electrons. The molecule has 0 aliphatic carbocycles. The Morgan fingerprint density at radius 1 is 0.852 bits per heavy atom. The molecule has 1 heterocycles. The highest BCUT2D eigenvalue weighted by atomic mass is 16.5. The van der Waals surface area contributed by atoms with Gasteiger partial charge in [-0.3, -0.25) is 4.79 Å². The quantitative estimate of drug-likeness (QED) is 0.626. The summed E-state index contributed by atoms with van der Waals surface area (Å²) in [4.78, 5) is 12.4. The fourth-order valence-electron chi connectivity index (χ4n) is 3.96. The van der Waals surface area contributed by atoms with Crippen LogP contribution in [0.2, 0.25) is 0 Å². The first-order chi connectivity index (χ1) is 12.8. The molecule has 4 rings (SSSR count). The largest absolute Gasteiger partial charge is 0.508 e. The number of carbonyl (C=O) groups excluding carboxylic acids is 1. The molecule has 0 unspecified atom stereocenters. The number of carbonyl (C=O) groups is 1. The van der Waals surface area contributed by atoms with Gasteiger partial charge in [0.05, 0.1) is 5.41 Å². The van der Waals surface area contributed by atoms with Crippen LogP contribution >= 0.6 is 0 Å². The van der Waals surface area contributed by atoms with E-state index in [2.05, 4.69) is 0 Å². The van der Waals surface area contributed by atoms with E-state index in [0.29, 0.717) is 17.1 Å². The zero-order valence-electron chi connectivity index (χ0n) is 15.4. The minimum atomic E-state index is -0.682. The normalized spacial score (nSPS) is 14.0. The number of aromatic hydroxyl groups is 2. The average molecular weight is 360 g/mol. The number of ketones is 1. The van der Waals surface area contributed by atoms with Gasteiger partial charge in [0.1, 0.15) is 23.0 Å². The third-order valence-corrected chi connectivity index (χ3v) is 5.32. The molecule has 1 aliphatic rings. The molecule has 4 nitrogen and oxygen atoms in total. The van der Waals surface area contributed by atoms with Crippen LogP contribution in [-0.4, -0.2) is 16.0 Å². The second-order valence-corrected chi connectivity index (χ2v) is 7.19. The molecule has 0 bridgehead atoms. The van der Waals surface area contributed by atoms with Gasteiger partial charge in [-0.15, -0.1) is 0 Å². The standard InChI is InChI=1S/C23H20O4/c1-13-4-7-18(17(10-13)14(2)24)23(3)19-8-5-15(25)11-21(19)27-22-12-16(26)6-9-20(22)23/h4-12,25-26H,1-3H3. The van der Waals surface area contributed by atoms with Crippen LogP contribution < -0.4 is 4.74 Å². The lowest BCUT2D eigenvalue weighted by Gasteiger charge is -2.39. The van der Waals surface area contributed by atoms with Gasteiger partial charge in [-0.1, -0.05) is 29.8 Å². The molecule has 3 aromatic carbocycles. The summed E-state index contributed by atoms with van der Waals surface area (Å²) < 4.78 is 5.98. The smallest absolute Gasteiger partial charge is 0.160 e. The van der Waals surface area contributed by atoms with E-state index in [1.54, 1.807) is 31.2 Å². The zero-order valence-corrected chi connectivity index (χ0v) is 15.4. The van der Waals surface area contributed by atoms with Crippen molar-refractivity contribution in [3.8, 4) is 23.0 Å². The average Bonchev–Trinajstić information content (AvgIpc) is 2.61. The van der Waals surface area contributed by atoms with Crippen molar-refractivity contribution in [1.29, 1.82) is 0 Å². The molecule has 0 atom stereocenters. The van der Waals surface area contributed by atoms with Gasteiger partial charge in [0.15, 0.2) is 5.78 Å². The first kappa shape index (κ1) is 17.2. The molecule has 0 amide bonds. The Morgan fingerprint density at radius 2 is 1.37 bits per heavy atom. The van der Waals surface area contributed by atoms with Crippen molar-refractivity contribution >= 4 is 5.78 Å². The molecule has 3 aromatic rings. The SMILES string of the molecule is CC(=O)c1cc(C)ccc1C1(C)c2ccc(O)cc2Oc2cc(O)ccc21. The first-order valence-electron chi connectivity index (χ1n) is 8.77. The predicted octanol–water partition coefficient (Wildman–Crippen LogP) is 5.07. The molecule has 4 heteroatoms. The second kappa shape index (κ2) is 5.88. The lowest BCUT2D eigenvalue weighted by Crippen LogP contribution is -2.31. The Hall–Kier alpha value is -3.27. The highest BCUT2D eigenvalue weighted by Gasteiger charge is 2.41. The summed E-state index contributed by atoms with van der Waals surface area (Å²) in [7, 11) is 0. The van der Waals surface area contributed by atoms with Crippen LogP contribution in [-0.2, 0) is 5.41 Å². The van der Waals surface area contributed by atoms with Crippen LogP contribution in [0.5, 0.6) is 23.0 Å². The van der Waals surface area contributed by atoms with Gasteiger partial charge in [-0.2, -0.15) is 0 Å². The fraction of sp³-hybridized carbons (Fsp3) is 0.174. The summed E-state index contributed by atoms with van der Waals surface area (Å²) in [5, 5.41) is 19.9. The Bertz CT molecular complexity index is 1030. The van der Waals surface area contributed by atoms with Crippen LogP contribution in [0.3, 0.4) is 0 Å². The van der Waals surface area contributed by atoms with E-state index in [1.165, 1.54) is 0 Å². The van der Waals surface area contributed by atoms with Crippen LogP contribution in [0.25, 0.3) is 0 Å². The molecule has 0 radical (unpaired) electrons. The van der Waals surface area contributed by atoms with Crippen molar-refractivity contribution in [2.75, 3.05) is 0 Å². The first-order valence-corrected chi connectivity index (χ1v) is 8.77. The second-order valence-electron chi connectivity index (χ2n) is 7.19. The van der Waals surface area contributed by atoms with Crippen molar-refractivity contribution in [1.82, 2.24) is 0 Å². The van der Waals surface area contributed by atoms with E-state index in [1.807, 2.05) is 44.2 Å². The minimum Gasteiger partial charge on any atom is -0.508 e. The molecule has 27 heavy (non-hydrogen) atoms. The number of hydrogen-bond acceptors (Lipinski definition) is 4. The zero-order chi connectivity index (χ0) is 19.3. The Balaban J connectivity index is 2.10. The van der Waals surface area contributed by atoms with Crippen molar-refractivity contribution < 1.29 is 19.7 Å². The fourth-order valence-corrected chi connectivity index (χ4v) is 3.96. The van der Waals surface area contributed by atoms with Crippen molar-refractivity contribution in [3.05, 3.63) is 82.4 Å². The minimum absolute atomic E-state index is 0.0120. The monoisotopic (exact) mass is 360 g/mol. The van der Waals surface area contributed by atoms with Gasteiger partial charge in [0.25, 0.3) is 0 Å². The third kappa shape index (κ3) is 2.56. The van der Waals surface area contributed by atoms with Gasteiger partial charge in [-0.05, 0) is 44.5 Å². The molecule has 2 N–H and O–H groups in total. The number of Topliss-reactive ketones (excluding diaryl/α,β-unsaturated/α-hetero) is 1. The summed E-state index contributed by atoms with van der Waals surface area (Å²) in [5.41, 5.74) is 3.55. The molecular formula is C23H20O4. The van der Waals surface area contributed by atoms with E-state index in [0.717, 1.165) is 22.3 Å². The molecule has 0 aromatic heterocycles. The molecular weight excluding hydrogens is 340 g/mol. The maximum atomic E-state index is 12.4. The maximum Gasteiger partial charge on any atom is 0.160 e. The van der Waals surface area contributed by atoms with Crippen LogP contribution in [0.15, 0.2) is 54.6 Å².